The molecule has 0 unspecified atom stereocenters. The largest absolute Gasteiger partial charge is 0.364 e. The van der Waals surface area contributed by atoms with Crippen LogP contribution in [0.1, 0.15) is 23.7 Å². The number of carbonyl (C=O) groups is 3. The highest BCUT2D eigenvalue weighted by Gasteiger charge is 2.29. The molecule has 0 aliphatic rings. The molecule has 0 saturated heterocycles. The van der Waals surface area contributed by atoms with Crippen LogP contribution in [0.5, 0.6) is 0 Å². The summed E-state index contributed by atoms with van der Waals surface area (Å²) in [6, 6.07) is 15.9. The van der Waals surface area contributed by atoms with Crippen LogP contribution in [0.15, 0.2) is 72.9 Å². The Balaban J connectivity index is 1.64. The SMILES string of the molecule is C[C@@H](OCc1cc(F)cc(F)c1)C(=O)N[C@H](Cc1ccccc1)C(=O)C(=O)NCc1ccccn1. The van der Waals surface area contributed by atoms with Gasteiger partial charge in [0.2, 0.25) is 11.7 Å². The number of rotatable bonds is 11. The van der Waals surface area contributed by atoms with Gasteiger partial charge < -0.3 is 15.4 Å². The number of amides is 2. The summed E-state index contributed by atoms with van der Waals surface area (Å²) < 4.78 is 32.2. The maximum Gasteiger partial charge on any atom is 0.289 e. The first-order valence-corrected chi connectivity index (χ1v) is 10.9. The number of carbonyl (C=O) groups excluding carboxylic acids is 3. The highest BCUT2D eigenvalue weighted by atomic mass is 19.1. The minimum atomic E-state index is -1.15. The highest BCUT2D eigenvalue weighted by molar-refractivity contribution is 6.38. The second-order valence-electron chi connectivity index (χ2n) is 7.85. The van der Waals surface area contributed by atoms with Crippen LogP contribution in [-0.2, 0) is 38.7 Å². The molecule has 0 spiro atoms. The van der Waals surface area contributed by atoms with Crippen LogP contribution in [0.2, 0.25) is 0 Å². The predicted octanol–water partition coefficient (Wildman–Crippen LogP) is 2.88. The zero-order chi connectivity index (χ0) is 25.2. The normalized spacial score (nSPS) is 12.4. The molecule has 0 bridgehead atoms. The third-order valence-electron chi connectivity index (χ3n) is 5.09. The minimum absolute atomic E-state index is 0.0567. The summed E-state index contributed by atoms with van der Waals surface area (Å²) in [4.78, 5) is 42.3. The number of benzene rings is 2. The van der Waals surface area contributed by atoms with Crippen LogP contribution >= 0.6 is 0 Å². The van der Waals surface area contributed by atoms with Crippen molar-refractivity contribution < 1.29 is 27.9 Å². The molecule has 0 radical (unpaired) electrons. The third-order valence-corrected chi connectivity index (χ3v) is 5.09. The van der Waals surface area contributed by atoms with Gasteiger partial charge >= 0.3 is 0 Å². The number of nitrogens with zero attached hydrogens (tertiary/aromatic N) is 1. The van der Waals surface area contributed by atoms with Crippen molar-refractivity contribution in [1.29, 1.82) is 0 Å². The smallest absolute Gasteiger partial charge is 0.289 e. The Morgan fingerprint density at radius 2 is 1.63 bits per heavy atom. The molecule has 2 aromatic carbocycles. The van der Waals surface area contributed by atoms with E-state index in [2.05, 4.69) is 15.6 Å². The highest BCUT2D eigenvalue weighted by Crippen LogP contribution is 2.11. The van der Waals surface area contributed by atoms with Crippen LogP contribution in [0, 0.1) is 11.6 Å². The lowest BCUT2D eigenvalue weighted by atomic mass is 10.0. The maximum atomic E-state index is 13.4. The van der Waals surface area contributed by atoms with Crippen molar-refractivity contribution in [2.45, 2.75) is 38.6 Å². The van der Waals surface area contributed by atoms with E-state index < -0.39 is 41.4 Å². The Morgan fingerprint density at radius 3 is 2.29 bits per heavy atom. The molecule has 7 nitrogen and oxygen atoms in total. The van der Waals surface area contributed by atoms with Crippen LogP contribution in [-0.4, -0.2) is 34.7 Å². The summed E-state index contributed by atoms with van der Waals surface area (Å²) in [5, 5.41) is 5.09. The van der Waals surface area contributed by atoms with Crippen molar-refractivity contribution in [3.63, 3.8) is 0 Å². The van der Waals surface area contributed by atoms with Crippen LogP contribution in [0.4, 0.5) is 8.78 Å². The minimum Gasteiger partial charge on any atom is -0.364 e. The molecule has 35 heavy (non-hydrogen) atoms. The van der Waals surface area contributed by atoms with Gasteiger partial charge in [-0.05, 0) is 42.3 Å². The molecule has 2 atom stereocenters. The Labute approximate surface area is 201 Å². The van der Waals surface area contributed by atoms with Gasteiger partial charge in [0.15, 0.2) is 0 Å². The average Bonchev–Trinajstić information content (AvgIpc) is 2.85. The van der Waals surface area contributed by atoms with Crippen LogP contribution in [0.3, 0.4) is 0 Å². The zero-order valence-electron chi connectivity index (χ0n) is 19.0. The fourth-order valence-corrected chi connectivity index (χ4v) is 3.26. The van der Waals surface area contributed by atoms with Gasteiger partial charge in [-0.25, -0.2) is 8.78 Å². The van der Waals surface area contributed by atoms with Crippen molar-refractivity contribution in [2.24, 2.45) is 0 Å². The molecule has 3 rings (SSSR count). The van der Waals surface area contributed by atoms with Gasteiger partial charge in [-0.15, -0.1) is 0 Å². The molecule has 0 aliphatic heterocycles. The molecule has 0 fully saturated rings. The van der Waals surface area contributed by atoms with Gasteiger partial charge in [0.25, 0.3) is 5.91 Å². The van der Waals surface area contributed by atoms with Crippen molar-refractivity contribution in [3.8, 4) is 0 Å². The first kappa shape index (κ1) is 25.6. The van der Waals surface area contributed by atoms with Crippen molar-refractivity contribution in [2.75, 3.05) is 0 Å². The monoisotopic (exact) mass is 481 g/mol. The van der Waals surface area contributed by atoms with Crippen LogP contribution in [0.25, 0.3) is 0 Å². The van der Waals surface area contributed by atoms with Crippen molar-refractivity contribution >= 4 is 17.6 Å². The molecule has 2 N–H and O–H groups in total. The van der Waals surface area contributed by atoms with E-state index in [9.17, 15) is 23.2 Å². The number of hydrogen-bond acceptors (Lipinski definition) is 5. The topological polar surface area (TPSA) is 97.4 Å². The quantitative estimate of drug-likeness (QED) is 0.411. The predicted molar refractivity (Wildman–Crippen MR) is 124 cm³/mol. The van der Waals surface area contributed by atoms with Crippen molar-refractivity contribution in [3.05, 3.63) is 101 Å². The van der Waals surface area contributed by atoms with Gasteiger partial charge in [-0.1, -0.05) is 36.4 Å². The van der Waals surface area contributed by atoms with E-state index in [1.807, 2.05) is 6.07 Å². The first-order chi connectivity index (χ1) is 16.8. The van der Waals surface area contributed by atoms with E-state index in [1.165, 1.54) is 6.92 Å². The van der Waals surface area contributed by atoms with E-state index in [4.69, 9.17) is 4.74 Å². The molecule has 182 valence electrons. The number of hydrogen-bond donors (Lipinski definition) is 2. The first-order valence-electron chi connectivity index (χ1n) is 10.9. The van der Waals surface area contributed by atoms with Crippen LogP contribution < -0.4 is 10.6 Å². The van der Waals surface area contributed by atoms with Gasteiger partial charge in [0.05, 0.1) is 18.8 Å². The number of nitrogens with one attached hydrogen (secondary N) is 2. The van der Waals surface area contributed by atoms with E-state index in [0.29, 0.717) is 5.69 Å². The Kier molecular flexibility index (Phi) is 9.14. The Bertz CT molecular complexity index is 1140. The molecule has 2 amide bonds. The summed E-state index contributed by atoms with van der Waals surface area (Å²) in [5.41, 5.74) is 1.54. The fourth-order valence-electron chi connectivity index (χ4n) is 3.26. The standard InChI is InChI=1S/C26H25F2N3O4/c1-17(35-16-19-11-20(27)14-21(28)12-19)25(33)31-23(13-18-7-3-2-4-8-18)24(32)26(34)30-15-22-9-5-6-10-29-22/h2-12,14,17,23H,13,15-16H2,1H3,(H,30,34)(H,31,33)/t17-,23-/m1/s1. The summed E-state index contributed by atoms with van der Waals surface area (Å²) in [6.07, 6.45) is 0.606. The molecule has 0 saturated carbocycles. The molecule has 9 heteroatoms. The summed E-state index contributed by atoms with van der Waals surface area (Å²) in [6.45, 7) is 1.28. The summed E-state index contributed by atoms with van der Waals surface area (Å²) >= 11 is 0. The second kappa shape index (κ2) is 12.5. The number of Topliss-reactive ketones (excluding diaryl/α,β-unsaturated/α-hetero) is 1. The molecule has 1 heterocycles. The number of ketones is 1. The van der Waals surface area contributed by atoms with E-state index >= 15 is 0 Å². The lowest BCUT2D eigenvalue weighted by molar-refractivity contribution is -0.141. The summed E-state index contributed by atoms with van der Waals surface area (Å²) in [7, 11) is 0. The Hall–Kier alpha value is -3.98. The molecule has 1 aromatic heterocycles. The summed E-state index contributed by atoms with van der Waals surface area (Å²) in [5.74, 6) is -3.84. The van der Waals surface area contributed by atoms with Gasteiger partial charge in [-0.2, -0.15) is 0 Å². The molecule has 0 aliphatic carbocycles. The van der Waals surface area contributed by atoms with Crippen molar-refractivity contribution in [1.82, 2.24) is 15.6 Å². The Morgan fingerprint density at radius 1 is 0.943 bits per heavy atom. The fraction of sp³-hybridized carbons (Fsp3) is 0.231. The van der Waals surface area contributed by atoms with Gasteiger partial charge in [0.1, 0.15) is 23.8 Å². The second-order valence-corrected chi connectivity index (χ2v) is 7.85. The molecular weight excluding hydrogens is 456 g/mol. The van der Waals surface area contributed by atoms with Gasteiger partial charge in [-0.3, -0.25) is 19.4 Å². The molecular formula is C26H25F2N3O4. The van der Waals surface area contributed by atoms with E-state index in [-0.39, 0.29) is 25.1 Å². The van der Waals surface area contributed by atoms with E-state index in [0.717, 1.165) is 23.8 Å². The van der Waals surface area contributed by atoms with Gasteiger partial charge in [0, 0.05) is 18.7 Å². The lowest BCUT2D eigenvalue weighted by Crippen LogP contribution is -2.51. The number of aromatic nitrogens is 1. The zero-order valence-corrected chi connectivity index (χ0v) is 19.0. The average molecular weight is 481 g/mol. The van der Waals surface area contributed by atoms with E-state index in [1.54, 1.807) is 48.7 Å². The molecule has 3 aromatic rings. The lowest BCUT2D eigenvalue weighted by Gasteiger charge is -2.20. The maximum absolute atomic E-state index is 13.4. The number of ether oxygens (including phenoxy) is 1. The third kappa shape index (κ3) is 8.08. The number of pyridine rings is 1. The number of halogens is 2.